The van der Waals surface area contributed by atoms with E-state index in [1.54, 1.807) is 18.3 Å². The number of carboxylic acids is 1. The molecule has 3 heterocycles. The SMILES string of the molecule is O=C(O)c1cccc(C(=O)C(=O)N2CCN(c3ccc(-c4nc5cc(C(F)(F)F)ccc5[nH]4)cn3)CC2)c1. The van der Waals surface area contributed by atoms with Gasteiger partial charge in [-0.15, -0.1) is 0 Å². The molecule has 38 heavy (non-hydrogen) atoms. The first-order valence-electron chi connectivity index (χ1n) is 11.6. The molecular formula is C26H20F3N5O4. The summed E-state index contributed by atoms with van der Waals surface area (Å²) in [4.78, 5) is 51.5. The summed E-state index contributed by atoms with van der Waals surface area (Å²) in [5.74, 6) is -1.63. The van der Waals surface area contributed by atoms with Gasteiger partial charge in [-0.25, -0.2) is 14.8 Å². The highest BCUT2D eigenvalue weighted by Crippen LogP contribution is 2.32. The Balaban J connectivity index is 1.23. The number of piperazine rings is 1. The number of anilines is 1. The first-order chi connectivity index (χ1) is 18.1. The van der Waals surface area contributed by atoms with Crippen molar-refractivity contribution in [3.8, 4) is 11.4 Å². The molecule has 0 aliphatic carbocycles. The molecule has 0 saturated carbocycles. The second-order valence-corrected chi connectivity index (χ2v) is 8.71. The molecule has 1 aliphatic rings. The topological polar surface area (TPSA) is 119 Å². The first-order valence-corrected chi connectivity index (χ1v) is 11.6. The Morgan fingerprint density at radius 1 is 0.921 bits per heavy atom. The molecule has 0 spiro atoms. The average Bonchev–Trinajstić information content (AvgIpc) is 3.36. The van der Waals surface area contributed by atoms with Crippen molar-refractivity contribution >= 4 is 34.5 Å². The summed E-state index contributed by atoms with van der Waals surface area (Å²) in [7, 11) is 0. The number of ketones is 1. The number of amides is 1. The molecule has 0 atom stereocenters. The fraction of sp³-hybridized carbons (Fsp3) is 0.192. The highest BCUT2D eigenvalue weighted by molar-refractivity contribution is 6.42. The molecule has 1 aliphatic heterocycles. The van der Waals surface area contributed by atoms with E-state index in [1.165, 1.54) is 35.2 Å². The van der Waals surface area contributed by atoms with Crippen molar-refractivity contribution in [2.24, 2.45) is 0 Å². The lowest BCUT2D eigenvalue weighted by atomic mass is 10.1. The van der Waals surface area contributed by atoms with E-state index in [0.717, 1.165) is 12.1 Å². The van der Waals surface area contributed by atoms with E-state index < -0.39 is 29.4 Å². The fourth-order valence-corrected chi connectivity index (χ4v) is 4.23. The van der Waals surface area contributed by atoms with Crippen molar-refractivity contribution in [3.63, 3.8) is 0 Å². The average molecular weight is 523 g/mol. The maximum Gasteiger partial charge on any atom is 0.416 e. The third-order valence-electron chi connectivity index (χ3n) is 6.29. The monoisotopic (exact) mass is 523 g/mol. The van der Waals surface area contributed by atoms with Crippen LogP contribution in [-0.2, 0) is 11.0 Å². The van der Waals surface area contributed by atoms with E-state index in [1.807, 2.05) is 4.90 Å². The van der Waals surface area contributed by atoms with Crippen LogP contribution in [0.25, 0.3) is 22.4 Å². The number of pyridine rings is 1. The lowest BCUT2D eigenvalue weighted by molar-refractivity contribution is -0.137. The molecular weight excluding hydrogens is 503 g/mol. The number of carbonyl (C=O) groups excluding carboxylic acids is 2. The normalized spacial score (nSPS) is 14.1. The van der Waals surface area contributed by atoms with E-state index in [9.17, 15) is 27.6 Å². The molecule has 12 heteroatoms. The molecule has 2 aromatic carbocycles. The summed E-state index contributed by atoms with van der Waals surface area (Å²) in [6.07, 6.45) is -2.89. The Bertz CT molecular complexity index is 1540. The molecule has 1 saturated heterocycles. The Labute approximate surface area is 213 Å². The highest BCUT2D eigenvalue weighted by Gasteiger charge is 2.31. The quantitative estimate of drug-likeness (QED) is 0.301. The number of aromatic carboxylic acids is 1. The van der Waals surface area contributed by atoms with Crippen LogP contribution in [-0.4, -0.2) is 68.8 Å². The number of halogens is 3. The maximum atomic E-state index is 13.0. The summed E-state index contributed by atoms with van der Waals surface area (Å²) < 4.78 is 38.9. The van der Waals surface area contributed by atoms with Gasteiger partial charge in [0.25, 0.3) is 5.91 Å². The molecule has 0 radical (unpaired) electrons. The van der Waals surface area contributed by atoms with Gasteiger partial charge in [0.2, 0.25) is 5.78 Å². The summed E-state index contributed by atoms with van der Waals surface area (Å²) >= 11 is 0. The van der Waals surface area contributed by atoms with Crippen LogP contribution in [0.3, 0.4) is 0 Å². The number of hydrogen-bond donors (Lipinski definition) is 2. The second-order valence-electron chi connectivity index (χ2n) is 8.71. The Morgan fingerprint density at radius 2 is 1.66 bits per heavy atom. The van der Waals surface area contributed by atoms with Gasteiger partial charge in [0.05, 0.1) is 22.2 Å². The zero-order chi connectivity index (χ0) is 27.0. The fourth-order valence-electron chi connectivity index (χ4n) is 4.23. The number of aromatic nitrogens is 3. The van der Waals surface area contributed by atoms with Gasteiger partial charge in [-0.05, 0) is 42.5 Å². The van der Waals surface area contributed by atoms with Gasteiger partial charge in [0.1, 0.15) is 11.6 Å². The van der Waals surface area contributed by atoms with Crippen LogP contribution >= 0.6 is 0 Å². The molecule has 9 nitrogen and oxygen atoms in total. The standard InChI is InChI=1S/C26H20F3N5O4/c27-26(28,29)18-5-6-19-20(13-18)32-23(31-19)17-4-7-21(30-14-17)33-8-10-34(11-9-33)24(36)22(35)15-2-1-3-16(12-15)25(37)38/h1-7,12-14H,8-11H2,(H,31,32)(H,37,38). The molecule has 0 unspecified atom stereocenters. The number of carbonyl (C=O) groups is 3. The van der Waals surface area contributed by atoms with Gasteiger partial charge < -0.3 is 19.9 Å². The zero-order valence-corrected chi connectivity index (χ0v) is 19.7. The van der Waals surface area contributed by atoms with Gasteiger partial charge in [-0.1, -0.05) is 12.1 Å². The number of nitrogens with zero attached hydrogens (tertiary/aromatic N) is 4. The molecule has 194 valence electrons. The number of nitrogens with one attached hydrogen (secondary N) is 1. The molecule has 2 aromatic heterocycles. The van der Waals surface area contributed by atoms with Crippen molar-refractivity contribution < 1.29 is 32.7 Å². The van der Waals surface area contributed by atoms with Crippen molar-refractivity contribution in [3.05, 3.63) is 77.5 Å². The molecule has 1 fully saturated rings. The smallest absolute Gasteiger partial charge is 0.416 e. The number of imidazole rings is 1. The van der Waals surface area contributed by atoms with E-state index in [4.69, 9.17) is 5.11 Å². The number of fused-ring (bicyclic) bond motifs is 1. The highest BCUT2D eigenvalue weighted by atomic mass is 19.4. The van der Waals surface area contributed by atoms with Crippen LogP contribution in [0.2, 0.25) is 0 Å². The van der Waals surface area contributed by atoms with E-state index in [0.29, 0.717) is 35.8 Å². The minimum absolute atomic E-state index is 0.0230. The lowest BCUT2D eigenvalue weighted by Gasteiger charge is -2.35. The minimum Gasteiger partial charge on any atom is -0.478 e. The lowest BCUT2D eigenvalue weighted by Crippen LogP contribution is -2.50. The van der Waals surface area contributed by atoms with Crippen LogP contribution in [0.1, 0.15) is 26.3 Å². The van der Waals surface area contributed by atoms with Crippen molar-refractivity contribution in [1.82, 2.24) is 19.9 Å². The summed E-state index contributed by atoms with van der Waals surface area (Å²) in [5, 5.41) is 9.11. The van der Waals surface area contributed by atoms with E-state index >= 15 is 0 Å². The van der Waals surface area contributed by atoms with Crippen LogP contribution in [0.4, 0.5) is 19.0 Å². The third-order valence-corrected chi connectivity index (χ3v) is 6.29. The van der Waals surface area contributed by atoms with Crippen LogP contribution in [0.15, 0.2) is 60.8 Å². The summed E-state index contributed by atoms with van der Waals surface area (Å²) in [5.41, 5.74) is 0.448. The van der Waals surface area contributed by atoms with Crippen LogP contribution < -0.4 is 4.90 Å². The number of rotatable bonds is 5. The number of H-pyrrole nitrogens is 1. The molecule has 2 N–H and O–H groups in total. The largest absolute Gasteiger partial charge is 0.478 e. The van der Waals surface area contributed by atoms with Gasteiger partial charge in [-0.2, -0.15) is 13.2 Å². The molecule has 5 rings (SSSR count). The van der Waals surface area contributed by atoms with Gasteiger partial charge >= 0.3 is 12.1 Å². The predicted octanol–water partition coefficient (Wildman–Crippen LogP) is 3.87. The van der Waals surface area contributed by atoms with Crippen molar-refractivity contribution in [1.29, 1.82) is 0 Å². The number of hydrogen-bond acceptors (Lipinski definition) is 6. The van der Waals surface area contributed by atoms with Gasteiger partial charge in [0, 0.05) is 43.5 Å². The molecule has 4 aromatic rings. The second kappa shape index (κ2) is 9.61. The van der Waals surface area contributed by atoms with Crippen molar-refractivity contribution in [2.45, 2.75) is 6.18 Å². The number of alkyl halides is 3. The van der Waals surface area contributed by atoms with E-state index in [2.05, 4.69) is 15.0 Å². The van der Waals surface area contributed by atoms with Crippen LogP contribution in [0.5, 0.6) is 0 Å². The predicted molar refractivity (Wildman–Crippen MR) is 131 cm³/mol. The molecule has 1 amide bonds. The number of carboxylic acid groups (broad SMARTS) is 1. The maximum absolute atomic E-state index is 13.0. The molecule has 0 bridgehead atoms. The van der Waals surface area contributed by atoms with Crippen molar-refractivity contribution in [2.75, 3.05) is 31.1 Å². The Morgan fingerprint density at radius 3 is 2.32 bits per heavy atom. The zero-order valence-electron chi connectivity index (χ0n) is 19.7. The number of aromatic amines is 1. The first kappa shape index (κ1) is 24.9. The number of Topliss-reactive ketones (excluding diaryl/α,β-unsaturated/α-hetero) is 1. The van der Waals surface area contributed by atoms with Crippen LogP contribution in [0, 0.1) is 0 Å². The number of benzene rings is 2. The Hall–Kier alpha value is -4.74. The van der Waals surface area contributed by atoms with Gasteiger partial charge in [0.15, 0.2) is 0 Å². The summed E-state index contributed by atoms with van der Waals surface area (Å²) in [6.45, 7) is 1.40. The third kappa shape index (κ3) is 4.92. The Kier molecular flexibility index (Phi) is 6.31. The van der Waals surface area contributed by atoms with Gasteiger partial charge in [-0.3, -0.25) is 9.59 Å². The summed E-state index contributed by atoms with van der Waals surface area (Å²) in [6, 6.07) is 12.2. The minimum atomic E-state index is -4.45. The van der Waals surface area contributed by atoms with E-state index in [-0.39, 0.29) is 29.7 Å².